The van der Waals surface area contributed by atoms with Crippen molar-refractivity contribution in [3.8, 4) is 0 Å². The van der Waals surface area contributed by atoms with E-state index in [1.54, 1.807) is 12.1 Å². The molecule has 0 atom stereocenters. The van der Waals surface area contributed by atoms with E-state index in [1.807, 2.05) is 24.3 Å². The van der Waals surface area contributed by atoms with Crippen LogP contribution in [0.4, 0.5) is 5.69 Å². The number of thiophene rings is 1. The van der Waals surface area contributed by atoms with E-state index in [0.717, 1.165) is 14.9 Å². The highest BCUT2D eigenvalue weighted by atomic mass is 35.5. The molecule has 0 unspecified atom stereocenters. The van der Waals surface area contributed by atoms with Gasteiger partial charge in [-0.15, -0.1) is 11.3 Å². The summed E-state index contributed by atoms with van der Waals surface area (Å²) >= 11 is 7.39. The van der Waals surface area contributed by atoms with E-state index in [1.165, 1.54) is 18.4 Å². The number of carbonyl (C=O) groups excluding carboxylic acids is 1. The van der Waals surface area contributed by atoms with Crippen LogP contribution >= 0.6 is 22.9 Å². The Morgan fingerprint density at radius 2 is 2.22 bits per heavy atom. The van der Waals surface area contributed by atoms with Crippen LogP contribution in [-0.2, 0) is 11.3 Å². The SMILES string of the molecule is COC(=O)c1cccc(NCc2ccc(Cl)s2)c1. The number of rotatable bonds is 4. The van der Waals surface area contributed by atoms with Gasteiger partial charge in [0, 0.05) is 17.1 Å². The zero-order valence-electron chi connectivity index (χ0n) is 9.77. The molecule has 0 spiro atoms. The van der Waals surface area contributed by atoms with Crippen LogP contribution in [-0.4, -0.2) is 13.1 Å². The summed E-state index contributed by atoms with van der Waals surface area (Å²) in [7, 11) is 1.37. The highest BCUT2D eigenvalue weighted by molar-refractivity contribution is 7.16. The molecule has 1 aromatic heterocycles. The Bertz CT molecular complexity index is 553. The Labute approximate surface area is 114 Å². The second-order valence-electron chi connectivity index (χ2n) is 3.63. The molecule has 1 heterocycles. The van der Waals surface area contributed by atoms with Gasteiger partial charge < -0.3 is 10.1 Å². The Morgan fingerprint density at radius 3 is 2.89 bits per heavy atom. The van der Waals surface area contributed by atoms with E-state index < -0.39 is 0 Å². The van der Waals surface area contributed by atoms with Crippen molar-refractivity contribution in [3.63, 3.8) is 0 Å². The van der Waals surface area contributed by atoms with Crippen molar-refractivity contribution in [1.82, 2.24) is 0 Å². The summed E-state index contributed by atoms with van der Waals surface area (Å²) in [6.45, 7) is 0.683. The lowest BCUT2D eigenvalue weighted by Gasteiger charge is -2.06. The maximum absolute atomic E-state index is 11.4. The molecule has 0 saturated heterocycles. The molecule has 1 aromatic carbocycles. The smallest absolute Gasteiger partial charge is 0.337 e. The monoisotopic (exact) mass is 281 g/mol. The van der Waals surface area contributed by atoms with Crippen LogP contribution in [0, 0.1) is 0 Å². The number of halogens is 1. The van der Waals surface area contributed by atoms with Crippen molar-refractivity contribution in [2.45, 2.75) is 6.54 Å². The number of carbonyl (C=O) groups is 1. The molecule has 5 heteroatoms. The third kappa shape index (κ3) is 3.24. The summed E-state index contributed by atoms with van der Waals surface area (Å²) in [5.41, 5.74) is 1.41. The Kier molecular flexibility index (Phi) is 4.23. The van der Waals surface area contributed by atoms with Crippen LogP contribution < -0.4 is 5.32 Å². The first kappa shape index (κ1) is 12.9. The van der Waals surface area contributed by atoms with Gasteiger partial charge in [-0.05, 0) is 30.3 Å². The number of nitrogens with one attached hydrogen (secondary N) is 1. The van der Waals surface area contributed by atoms with Crippen molar-refractivity contribution < 1.29 is 9.53 Å². The molecule has 0 radical (unpaired) electrons. The average molecular weight is 282 g/mol. The van der Waals surface area contributed by atoms with Crippen LogP contribution in [0.5, 0.6) is 0 Å². The van der Waals surface area contributed by atoms with Gasteiger partial charge in [-0.2, -0.15) is 0 Å². The summed E-state index contributed by atoms with van der Waals surface area (Å²) < 4.78 is 5.45. The van der Waals surface area contributed by atoms with Gasteiger partial charge in [0.2, 0.25) is 0 Å². The number of anilines is 1. The number of esters is 1. The van der Waals surface area contributed by atoms with Gasteiger partial charge in [-0.25, -0.2) is 4.79 Å². The number of ether oxygens (including phenoxy) is 1. The molecule has 0 aliphatic carbocycles. The lowest BCUT2D eigenvalue weighted by atomic mass is 10.2. The first-order valence-corrected chi connectivity index (χ1v) is 6.55. The molecular weight excluding hydrogens is 270 g/mol. The van der Waals surface area contributed by atoms with E-state index in [-0.39, 0.29) is 5.97 Å². The van der Waals surface area contributed by atoms with E-state index in [9.17, 15) is 4.79 Å². The second-order valence-corrected chi connectivity index (χ2v) is 5.43. The van der Waals surface area contributed by atoms with Crippen molar-refractivity contribution in [2.75, 3.05) is 12.4 Å². The molecular formula is C13H12ClNO2S. The van der Waals surface area contributed by atoms with E-state index in [0.29, 0.717) is 12.1 Å². The standard InChI is InChI=1S/C13H12ClNO2S/c1-17-13(16)9-3-2-4-10(7-9)15-8-11-5-6-12(14)18-11/h2-7,15H,8H2,1H3. The van der Waals surface area contributed by atoms with Crippen LogP contribution in [0.3, 0.4) is 0 Å². The fraction of sp³-hybridized carbons (Fsp3) is 0.154. The normalized spacial score (nSPS) is 10.1. The maximum atomic E-state index is 11.4. The van der Waals surface area contributed by atoms with Gasteiger partial charge in [0.05, 0.1) is 17.0 Å². The van der Waals surface area contributed by atoms with Gasteiger partial charge >= 0.3 is 5.97 Å². The molecule has 1 N–H and O–H groups in total. The van der Waals surface area contributed by atoms with Gasteiger partial charge in [0.15, 0.2) is 0 Å². The zero-order chi connectivity index (χ0) is 13.0. The summed E-state index contributed by atoms with van der Waals surface area (Å²) in [5, 5.41) is 3.24. The van der Waals surface area contributed by atoms with Crippen LogP contribution in [0.15, 0.2) is 36.4 Å². The molecule has 2 rings (SSSR count). The number of benzene rings is 1. The largest absolute Gasteiger partial charge is 0.465 e. The van der Waals surface area contributed by atoms with Gasteiger partial charge in [-0.3, -0.25) is 0 Å². The van der Waals surface area contributed by atoms with E-state index in [4.69, 9.17) is 11.6 Å². The molecule has 94 valence electrons. The minimum atomic E-state index is -0.335. The molecule has 2 aromatic rings. The Morgan fingerprint density at radius 1 is 1.39 bits per heavy atom. The van der Waals surface area contributed by atoms with Crippen LogP contribution in [0.25, 0.3) is 0 Å². The minimum absolute atomic E-state index is 0.335. The van der Waals surface area contributed by atoms with Crippen molar-refractivity contribution in [2.24, 2.45) is 0 Å². The fourth-order valence-electron chi connectivity index (χ4n) is 1.51. The quantitative estimate of drug-likeness (QED) is 0.866. The summed E-state index contributed by atoms with van der Waals surface area (Å²) in [5.74, 6) is -0.335. The topological polar surface area (TPSA) is 38.3 Å². The molecule has 0 aliphatic heterocycles. The highest BCUT2D eigenvalue weighted by Gasteiger charge is 2.05. The van der Waals surface area contributed by atoms with Crippen molar-refractivity contribution in [1.29, 1.82) is 0 Å². The van der Waals surface area contributed by atoms with Gasteiger partial charge in [-0.1, -0.05) is 17.7 Å². The van der Waals surface area contributed by atoms with Crippen LogP contribution in [0.2, 0.25) is 4.34 Å². The van der Waals surface area contributed by atoms with Gasteiger partial charge in [0.1, 0.15) is 0 Å². The summed E-state index contributed by atoms with van der Waals surface area (Å²) in [6, 6.07) is 11.1. The molecule has 0 fully saturated rings. The fourth-order valence-corrected chi connectivity index (χ4v) is 2.54. The van der Waals surface area contributed by atoms with Crippen molar-refractivity contribution in [3.05, 3.63) is 51.2 Å². The predicted octanol–water partition coefficient (Wildman–Crippen LogP) is 3.80. The average Bonchev–Trinajstić information content (AvgIpc) is 2.81. The first-order valence-electron chi connectivity index (χ1n) is 5.35. The Hall–Kier alpha value is -1.52. The third-order valence-electron chi connectivity index (χ3n) is 2.38. The zero-order valence-corrected chi connectivity index (χ0v) is 11.3. The lowest BCUT2D eigenvalue weighted by molar-refractivity contribution is 0.0601. The van der Waals surface area contributed by atoms with Crippen LogP contribution in [0.1, 0.15) is 15.2 Å². The molecule has 3 nitrogen and oxygen atoms in total. The Balaban J connectivity index is 2.03. The predicted molar refractivity (Wildman–Crippen MR) is 74.4 cm³/mol. The first-order chi connectivity index (χ1) is 8.69. The number of hydrogen-bond donors (Lipinski definition) is 1. The molecule has 0 bridgehead atoms. The number of hydrogen-bond acceptors (Lipinski definition) is 4. The third-order valence-corrected chi connectivity index (χ3v) is 3.61. The van der Waals surface area contributed by atoms with E-state index in [2.05, 4.69) is 10.1 Å². The van der Waals surface area contributed by atoms with E-state index >= 15 is 0 Å². The summed E-state index contributed by atoms with van der Waals surface area (Å²) in [4.78, 5) is 12.5. The highest BCUT2D eigenvalue weighted by Crippen LogP contribution is 2.22. The second kappa shape index (κ2) is 5.89. The maximum Gasteiger partial charge on any atom is 0.337 e. The van der Waals surface area contributed by atoms with Gasteiger partial charge in [0.25, 0.3) is 0 Å². The lowest BCUT2D eigenvalue weighted by Crippen LogP contribution is -2.03. The molecule has 18 heavy (non-hydrogen) atoms. The number of methoxy groups -OCH3 is 1. The van der Waals surface area contributed by atoms with Crippen molar-refractivity contribution >= 4 is 34.6 Å². The molecule has 0 saturated carbocycles. The molecule has 0 aliphatic rings. The summed E-state index contributed by atoms with van der Waals surface area (Å²) in [6.07, 6.45) is 0. The minimum Gasteiger partial charge on any atom is -0.465 e. The molecule has 0 amide bonds.